The van der Waals surface area contributed by atoms with Gasteiger partial charge in [0.1, 0.15) is 5.69 Å². The van der Waals surface area contributed by atoms with Crippen molar-refractivity contribution in [3.8, 4) is 0 Å². The van der Waals surface area contributed by atoms with Crippen molar-refractivity contribution in [3.05, 3.63) is 29.2 Å². The number of piperidine rings is 1. The minimum absolute atomic E-state index is 0.0380. The van der Waals surface area contributed by atoms with Gasteiger partial charge in [-0.3, -0.25) is 9.89 Å². The predicted octanol–water partition coefficient (Wildman–Crippen LogP) is 1.62. The lowest BCUT2D eigenvalue weighted by molar-refractivity contribution is 0.0610. The van der Waals surface area contributed by atoms with Crippen molar-refractivity contribution < 1.29 is 14.1 Å². The third-order valence-electron chi connectivity index (χ3n) is 4.72. The summed E-state index contributed by atoms with van der Waals surface area (Å²) >= 11 is 0. The van der Waals surface area contributed by atoms with Gasteiger partial charge in [0, 0.05) is 44.8 Å². The normalized spacial score (nSPS) is 17.2. The number of ether oxygens (including phenoxy) is 1. The zero-order chi connectivity index (χ0) is 17.2. The largest absolute Gasteiger partial charge is 0.385 e. The summed E-state index contributed by atoms with van der Waals surface area (Å²) in [6, 6.07) is 1.78. The molecular formula is C16H23N5O3. The van der Waals surface area contributed by atoms with Crippen molar-refractivity contribution >= 4 is 5.91 Å². The van der Waals surface area contributed by atoms with E-state index in [1.807, 2.05) is 11.8 Å². The van der Waals surface area contributed by atoms with Crippen molar-refractivity contribution in [1.82, 2.24) is 25.2 Å². The van der Waals surface area contributed by atoms with Crippen LogP contribution in [-0.4, -0.2) is 58.0 Å². The first-order valence-corrected chi connectivity index (χ1v) is 8.15. The molecule has 0 aliphatic carbocycles. The number of methoxy groups -OCH3 is 1. The topological polar surface area (TPSA) is 97.1 Å². The highest BCUT2D eigenvalue weighted by Gasteiger charge is 2.41. The molecule has 2 aromatic heterocycles. The van der Waals surface area contributed by atoms with E-state index in [4.69, 9.17) is 9.26 Å². The van der Waals surface area contributed by atoms with Gasteiger partial charge >= 0.3 is 0 Å². The average molecular weight is 333 g/mol. The number of aromatic amines is 1. The molecule has 3 heterocycles. The van der Waals surface area contributed by atoms with Gasteiger partial charge in [0.15, 0.2) is 5.82 Å². The molecule has 0 atom stereocenters. The van der Waals surface area contributed by atoms with Gasteiger partial charge in [-0.25, -0.2) is 0 Å². The van der Waals surface area contributed by atoms with Crippen LogP contribution in [0.1, 0.15) is 47.2 Å². The van der Waals surface area contributed by atoms with E-state index >= 15 is 0 Å². The smallest absolute Gasteiger partial charge is 0.274 e. The molecule has 0 radical (unpaired) electrons. The number of aromatic nitrogens is 4. The molecule has 1 aliphatic heterocycles. The van der Waals surface area contributed by atoms with E-state index in [9.17, 15) is 4.79 Å². The number of nitrogens with zero attached hydrogens (tertiary/aromatic N) is 4. The second-order valence-electron chi connectivity index (χ2n) is 6.39. The summed E-state index contributed by atoms with van der Waals surface area (Å²) in [6.07, 6.45) is 2.38. The molecule has 130 valence electrons. The van der Waals surface area contributed by atoms with Crippen molar-refractivity contribution in [1.29, 1.82) is 0 Å². The van der Waals surface area contributed by atoms with E-state index in [1.165, 1.54) is 0 Å². The van der Waals surface area contributed by atoms with Crippen LogP contribution in [-0.2, 0) is 10.2 Å². The van der Waals surface area contributed by atoms with Gasteiger partial charge in [0.2, 0.25) is 5.89 Å². The number of rotatable bonds is 5. The molecule has 0 unspecified atom stereocenters. The van der Waals surface area contributed by atoms with E-state index in [0.29, 0.717) is 31.3 Å². The lowest BCUT2D eigenvalue weighted by Crippen LogP contribution is -2.46. The van der Waals surface area contributed by atoms with E-state index in [2.05, 4.69) is 20.3 Å². The van der Waals surface area contributed by atoms with Crippen LogP contribution in [0, 0.1) is 13.8 Å². The molecule has 1 amide bonds. The number of hydrogen-bond acceptors (Lipinski definition) is 6. The summed E-state index contributed by atoms with van der Waals surface area (Å²) in [5.41, 5.74) is 1.14. The maximum absolute atomic E-state index is 12.5. The monoisotopic (exact) mass is 333 g/mol. The molecule has 1 fully saturated rings. The SMILES string of the molecule is COCCC1(c2noc(C)n2)CCN(C(=O)c2cc(C)[nH]n2)CC1. The standard InChI is InChI=1S/C16H23N5O3/c1-11-10-13(19-18-11)14(22)21-7-4-16(5-8-21,6-9-23-3)15-17-12(2)24-20-15/h10H,4-9H2,1-3H3,(H,18,19). The maximum Gasteiger partial charge on any atom is 0.274 e. The molecule has 1 N–H and O–H groups in total. The Morgan fingerprint density at radius 2 is 2.17 bits per heavy atom. The quantitative estimate of drug-likeness (QED) is 0.893. The highest BCUT2D eigenvalue weighted by atomic mass is 16.5. The zero-order valence-corrected chi connectivity index (χ0v) is 14.3. The molecule has 24 heavy (non-hydrogen) atoms. The summed E-state index contributed by atoms with van der Waals surface area (Å²) in [6.45, 7) is 5.58. The minimum Gasteiger partial charge on any atom is -0.385 e. The summed E-state index contributed by atoms with van der Waals surface area (Å²) in [5, 5.41) is 11.0. The molecule has 0 aromatic carbocycles. The van der Waals surface area contributed by atoms with Gasteiger partial charge in [-0.05, 0) is 32.3 Å². The number of hydrogen-bond donors (Lipinski definition) is 1. The molecule has 1 saturated heterocycles. The van der Waals surface area contributed by atoms with E-state index < -0.39 is 0 Å². The summed E-state index contributed by atoms with van der Waals surface area (Å²) in [5.74, 6) is 1.25. The predicted molar refractivity (Wildman–Crippen MR) is 85.7 cm³/mol. The Morgan fingerprint density at radius 1 is 1.42 bits per heavy atom. The summed E-state index contributed by atoms with van der Waals surface area (Å²) < 4.78 is 10.4. The Hall–Kier alpha value is -2.22. The first-order valence-electron chi connectivity index (χ1n) is 8.15. The van der Waals surface area contributed by atoms with Gasteiger partial charge in [-0.2, -0.15) is 10.1 Å². The second-order valence-corrected chi connectivity index (χ2v) is 6.39. The first kappa shape index (κ1) is 16.6. The second kappa shape index (κ2) is 6.72. The molecule has 0 spiro atoms. The highest BCUT2D eigenvalue weighted by Crippen LogP contribution is 2.37. The van der Waals surface area contributed by atoms with Crippen molar-refractivity contribution in [2.75, 3.05) is 26.8 Å². The molecule has 0 saturated carbocycles. The van der Waals surface area contributed by atoms with Gasteiger partial charge in [-0.1, -0.05) is 5.16 Å². The van der Waals surface area contributed by atoms with E-state index in [1.54, 1.807) is 20.1 Å². The lowest BCUT2D eigenvalue weighted by Gasteiger charge is -2.39. The van der Waals surface area contributed by atoms with Crippen molar-refractivity contribution in [2.45, 2.75) is 38.5 Å². The van der Waals surface area contributed by atoms with Gasteiger partial charge in [0.05, 0.1) is 0 Å². The van der Waals surface area contributed by atoms with Crippen LogP contribution in [0.4, 0.5) is 0 Å². The third kappa shape index (κ3) is 3.19. The molecule has 2 aromatic rings. The number of H-pyrrole nitrogens is 1. The number of likely N-dealkylation sites (tertiary alicyclic amines) is 1. The Morgan fingerprint density at radius 3 is 2.71 bits per heavy atom. The molecule has 1 aliphatic rings. The Balaban J connectivity index is 1.73. The van der Waals surface area contributed by atoms with E-state index in [-0.39, 0.29) is 11.3 Å². The molecule has 8 nitrogen and oxygen atoms in total. The number of carbonyl (C=O) groups excluding carboxylic acids is 1. The van der Waals surface area contributed by atoms with Crippen LogP contribution < -0.4 is 0 Å². The van der Waals surface area contributed by atoms with Crippen LogP contribution in [0.2, 0.25) is 0 Å². The molecular weight excluding hydrogens is 310 g/mol. The van der Waals surface area contributed by atoms with Crippen molar-refractivity contribution in [2.24, 2.45) is 0 Å². The number of amides is 1. The Labute approximate surface area is 140 Å². The van der Waals surface area contributed by atoms with Crippen LogP contribution >= 0.6 is 0 Å². The zero-order valence-electron chi connectivity index (χ0n) is 14.3. The van der Waals surface area contributed by atoms with Gasteiger partial charge in [0.25, 0.3) is 5.91 Å². The van der Waals surface area contributed by atoms with Crippen LogP contribution in [0.15, 0.2) is 10.6 Å². The van der Waals surface area contributed by atoms with Gasteiger partial charge in [-0.15, -0.1) is 0 Å². The third-order valence-corrected chi connectivity index (χ3v) is 4.72. The van der Waals surface area contributed by atoms with Crippen LogP contribution in [0.5, 0.6) is 0 Å². The lowest BCUT2D eigenvalue weighted by atomic mass is 9.75. The fraction of sp³-hybridized carbons (Fsp3) is 0.625. The minimum atomic E-state index is -0.202. The number of carbonyl (C=O) groups is 1. The van der Waals surface area contributed by atoms with Crippen LogP contribution in [0.3, 0.4) is 0 Å². The summed E-state index contributed by atoms with van der Waals surface area (Å²) in [4.78, 5) is 18.8. The molecule has 0 bridgehead atoms. The number of nitrogens with one attached hydrogen (secondary N) is 1. The van der Waals surface area contributed by atoms with Crippen LogP contribution in [0.25, 0.3) is 0 Å². The average Bonchev–Trinajstić information content (AvgIpc) is 3.21. The molecule has 3 rings (SSSR count). The maximum atomic E-state index is 12.5. The molecule has 8 heteroatoms. The Kier molecular flexibility index (Phi) is 4.66. The first-order chi connectivity index (χ1) is 11.5. The van der Waals surface area contributed by atoms with Crippen molar-refractivity contribution in [3.63, 3.8) is 0 Å². The summed E-state index contributed by atoms with van der Waals surface area (Å²) in [7, 11) is 1.69. The highest BCUT2D eigenvalue weighted by molar-refractivity contribution is 5.92. The number of aryl methyl sites for hydroxylation is 2. The Bertz CT molecular complexity index is 700. The fourth-order valence-electron chi connectivity index (χ4n) is 3.22. The van der Waals surface area contributed by atoms with Gasteiger partial charge < -0.3 is 14.2 Å². The fourth-order valence-corrected chi connectivity index (χ4v) is 3.22. The van der Waals surface area contributed by atoms with E-state index in [0.717, 1.165) is 30.8 Å².